The SMILES string of the molecule is CC(C)N(CC(=O)O)C(=O)Cc1c[nH]c2ncccc12. The van der Waals surface area contributed by atoms with Gasteiger partial charge in [-0.05, 0) is 31.5 Å². The third-order valence-electron chi connectivity index (χ3n) is 3.13. The average molecular weight is 275 g/mol. The molecule has 20 heavy (non-hydrogen) atoms. The largest absolute Gasteiger partial charge is 0.480 e. The lowest BCUT2D eigenvalue weighted by molar-refractivity contribution is -0.145. The van der Waals surface area contributed by atoms with Crippen molar-refractivity contribution in [2.24, 2.45) is 0 Å². The van der Waals surface area contributed by atoms with Gasteiger partial charge in [0.1, 0.15) is 12.2 Å². The Labute approximate surface area is 116 Å². The van der Waals surface area contributed by atoms with Crippen LogP contribution in [0.4, 0.5) is 0 Å². The first-order chi connectivity index (χ1) is 9.49. The summed E-state index contributed by atoms with van der Waals surface area (Å²) >= 11 is 0. The van der Waals surface area contributed by atoms with Crippen LogP contribution in [0.3, 0.4) is 0 Å². The first-order valence-electron chi connectivity index (χ1n) is 6.41. The number of carboxylic acid groups (broad SMARTS) is 1. The molecule has 0 saturated carbocycles. The fraction of sp³-hybridized carbons (Fsp3) is 0.357. The number of aromatic amines is 1. The average Bonchev–Trinajstić information content (AvgIpc) is 2.79. The fourth-order valence-corrected chi connectivity index (χ4v) is 2.13. The van der Waals surface area contributed by atoms with Crippen molar-refractivity contribution in [3.8, 4) is 0 Å². The number of fused-ring (bicyclic) bond motifs is 1. The molecule has 6 nitrogen and oxygen atoms in total. The second-order valence-electron chi connectivity index (χ2n) is 4.90. The maximum Gasteiger partial charge on any atom is 0.323 e. The number of pyridine rings is 1. The van der Waals surface area contributed by atoms with E-state index in [1.165, 1.54) is 4.90 Å². The monoisotopic (exact) mass is 275 g/mol. The van der Waals surface area contributed by atoms with Crippen LogP contribution < -0.4 is 0 Å². The van der Waals surface area contributed by atoms with Gasteiger partial charge < -0.3 is 15.0 Å². The van der Waals surface area contributed by atoms with Crippen LogP contribution in [0, 0.1) is 0 Å². The first-order valence-corrected chi connectivity index (χ1v) is 6.41. The lowest BCUT2D eigenvalue weighted by Gasteiger charge is -2.24. The highest BCUT2D eigenvalue weighted by Crippen LogP contribution is 2.17. The second-order valence-corrected chi connectivity index (χ2v) is 4.90. The molecule has 0 aromatic carbocycles. The van der Waals surface area contributed by atoms with E-state index in [4.69, 9.17) is 5.11 Å². The molecule has 0 bridgehead atoms. The third kappa shape index (κ3) is 2.96. The number of carbonyl (C=O) groups excluding carboxylic acids is 1. The topological polar surface area (TPSA) is 86.3 Å². The van der Waals surface area contributed by atoms with Crippen molar-refractivity contribution in [1.29, 1.82) is 0 Å². The second kappa shape index (κ2) is 5.73. The van der Waals surface area contributed by atoms with Crippen molar-refractivity contribution in [1.82, 2.24) is 14.9 Å². The summed E-state index contributed by atoms with van der Waals surface area (Å²) < 4.78 is 0. The normalized spacial score (nSPS) is 10.9. The molecule has 1 amide bonds. The van der Waals surface area contributed by atoms with Crippen molar-refractivity contribution in [3.05, 3.63) is 30.1 Å². The minimum Gasteiger partial charge on any atom is -0.480 e. The highest BCUT2D eigenvalue weighted by atomic mass is 16.4. The number of aromatic nitrogens is 2. The van der Waals surface area contributed by atoms with Gasteiger partial charge in [0.2, 0.25) is 5.91 Å². The Morgan fingerprint density at radius 2 is 2.20 bits per heavy atom. The Kier molecular flexibility index (Phi) is 4.02. The summed E-state index contributed by atoms with van der Waals surface area (Å²) in [4.78, 5) is 31.6. The minimum absolute atomic E-state index is 0.151. The number of carboxylic acids is 1. The first kappa shape index (κ1) is 14.0. The number of amides is 1. The lowest BCUT2D eigenvalue weighted by Crippen LogP contribution is -2.41. The van der Waals surface area contributed by atoms with Crippen molar-refractivity contribution >= 4 is 22.9 Å². The Morgan fingerprint density at radius 3 is 2.85 bits per heavy atom. The van der Waals surface area contributed by atoms with Gasteiger partial charge in [0, 0.05) is 23.8 Å². The smallest absolute Gasteiger partial charge is 0.323 e. The Hall–Kier alpha value is -2.37. The number of nitrogens with one attached hydrogen (secondary N) is 1. The summed E-state index contributed by atoms with van der Waals surface area (Å²) in [6, 6.07) is 3.54. The molecule has 2 rings (SSSR count). The van der Waals surface area contributed by atoms with Gasteiger partial charge in [-0.15, -0.1) is 0 Å². The molecule has 2 N–H and O–H groups in total. The van der Waals surface area contributed by atoms with Gasteiger partial charge in [0.25, 0.3) is 0 Å². The lowest BCUT2D eigenvalue weighted by atomic mass is 10.1. The molecule has 0 aliphatic rings. The number of nitrogens with zero attached hydrogens (tertiary/aromatic N) is 2. The standard InChI is InChI=1S/C14H17N3O3/c1-9(2)17(8-13(19)20)12(18)6-10-7-16-14-11(10)4-3-5-15-14/h3-5,7,9H,6,8H2,1-2H3,(H,15,16)(H,19,20). The molecule has 0 fully saturated rings. The van der Waals surface area contributed by atoms with E-state index in [2.05, 4.69) is 9.97 Å². The fourth-order valence-electron chi connectivity index (χ4n) is 2.13. The molecule has 0 spiro atoms. The van der Waals surface area contributed by atoms with E-state index in [-0.39, 0.29) is 24.9 Å². The zero-order chi connectivity index (χ0) is 14.7. The third-order valence-corrected chi connectivity index (χ3v) is 3.13. The van der Waals surface area contributed by atoms with Crippen LogP contribution in [0.5, 0.6) is 0 Å². The van der Waals surface area contributed by atoms with E-state index in [9.17, 15) is 9.59 Å². The summed E-state index contributed by atoms with van der Waals surface area (Å²) in [6.07, 6.45) is 3.58. The van der Waals surface area contributed by atoms with Crippen LogP contribution >= 0.6 is 0 Å². The van der Waals surface area contributed by atoms with Gasteiger partial charge >= 0.3 is 5.97 Å². The molecule has 0 saturated heterocycles. The zero-order valence-electron chi connectivity index (χ0n) is 11.5. The van der Waals surface area contributed by atoms with Crippen LogP contribution in [-0.2, 0) is 16.0 Å². The van der Waals surface area contributed by atoms with Crippen LogP contribution in [0.2, 0.25) is 0 Å². The van der Waals surface area contributed by atoms with E-state index in [0.717, 1.165) is 16.6 Å². The van der Waals surface area contributed by atoms with Gasteiger partial charge in [0.15, 0.2) is 0 Å². The highest BCUT2D eigenvalue weighted by Gasteiger charge is 2.21. The van der Waals surface area contributed by atoms with Crippen LogP contribution in [0.1, 0.15) is 19.4 Å². The number of H-pyrrole nitrogens is 1. The molecular weight excluding hydrogens is 258 g/mol. The number of hydrogen-bond acceptors (Lipinski definition) is 3. The predicted octanol–water partition coefficient (Wildman–Crippen LogP) is 1.43. The minimum atomic E-state index is -1.01. The molecule has 106 valence electrons. The Balaban J connectivity index is 2.19. The molecule has 6 heteroatoms. The highest BCUT2D eigenvalue weighted by molar-refractivity contribution is 5.88. The van der Waals surface area contributed by atoms with Gasteiger partial charge in [0.05, 0.1) is 6.42 Å². The molecule has 0 radical (unpaired) electrons. The molecule has 2 aromatic rings. The zero-order valence-corrected chi connectivity index (χ0v) is 11.5. The van der Waals surface area contributed by atoms with Crippen LogP contribution in [0.25, 0.3) is 11.0 Å². The number of aliphatic carboxylic acids is 1. The van der Waals surface area contributed by atoms with Crippen molar-refractivity contribution in [3.63, 3.8) is 0 Å². The molecule has 2 aromatic heterocycles. The molecule has 2 heterocycles. The maximum atomic E-state index is 12.3. The molecule has 0 aliphatic heterocycles. The van der Waals surface area contributed by atoms with Crippen LogP contribution in [-0.4, -0.2) is 44.4 Å². The van der Waals surface area contributed by atoms with Crippen molar-refractivity contribution < 1.29 is 14.7 Å². The molecular formula is C14H17N3O3. The van der Waals surface area contributed by atoms with E-state index in [1.54, 1.807) is 26.2 Å². The molecule has 0 aliphatic carbocycles. The van der Waals surface area contributed by atoms with E-state index in [1.807, 2.05) is 12.1 Å². The van der Waals surface area contributed by atoms with E-state index >= 15 is 0 Å². The van der Waals surface area contributed by atoms with Gasteiger partial charge in [-0.25, -0.2) is 4.98 Å². The summed E-state index contributed by atoms with van der Waals surface area (Å²) in [7, 11) is 0. The van der Waals surface area contributed by atoms with Crippen LogP contribution in [0.15, 0.2) is 24.5 Å². The molecule has 0 atom stereocenters. The Bertz CT molecular complexity index is 633. The summed E-state index contributed by atoms with van der Waals surface area (Å²) in [5, 5.41) is 9.76. The Morgan fingerprint density at radius 1 is 1.45 bits per heavy atom. The van der Waals surface area contributed by atoms with E-state index in [0.29, 0.717) is 0 Å². The predicted molar refractivity (Wildman–Crippen MR) is 74.3 cm³/mol. The van der Waals surface area contributed by atoms with Gasteiger partial charge in [-0.1, -0.05) is 0 Å². The van der Waals surface area contributed by atoms with Crippen molar-refractivity contribution in [2.45, 2.75) is 26.3 Å². The maximum absolute atomic E-state index is 12.3. The number of hydrogen-bond donors (Lipinski definition) is 2. The number of rotatable bonds is 5. The van der Waals surface area contributed by atoms with E-state index < -0.39 is 5.97 Å². The van der Waals surface area contributed by atoms with Gasteiger partial charge in [-0.2, -0.15) is 0 Å². The summed E-state index contributed by atoms with van der Waals surface area (Å²) in [6.45, 7) is 3.33. The summed E-state index contributed by atoms with van der Waals surface area (Å²) in [5.41, 5.74) is 1.55. The molecule has 0 unspecified atom stereocenters. The number of carbonyl (C=O) groups is 2. The van der Waals surface area contributed by atoms with Gasteiger partial charge in [-0.3, -0.25) is 9.59 Å². The summed E-state index contributed by atoms with van der Waals surface area (Å²) in [5.74, 6) is -1.21. The quantitative estimate of drug-likeness (QED) is 0.864. The van der Waals surface area contributed by atoms with Crippen molar-refractivity contribution in [2.75, 3.05) is 6.54 Å².